The molecule has 3 rings (SSSR count). The van der Waals surface area contributed by atoms with Gasteiger partial charge in [-0.15, -0.1) is 5.10 Å². The quantitative estimate of drug-likeness (QED) is 0.609. The number of carbonyl (C=O) groups is 2. The van der Waals surface area contributed by atoms with Crippen LogP contribution in [0.3, 0.4) is 0 Å². The normalized spacial score (nSPS) is 20.3. The number of β-amino-alcohol motifs (C(OH)–C–C–N with tert-alkyl or cyclic N) is 1. The first-order chi connectivity index (χ1) is 11.5. The van der Waals surface area contributed by atoms with Crippen LogP contribution >= 0.6 is 0 Å². The highest BCUT2D eigenvalue weighted by molar-refractivity contribution is 5.90. The summed E-state index contributed by atoms with van der Waals surface area (Å²) in [4.78, 5) is 36.4. The number of likely N-dealkylation sites (tertiary alicyclic amines) is 1. The van der Waals surface area contributed by atoms with E-state index in [0.29, 0.717) is 6.42 Å². The predicted molar refractivity (Wildman–Crippen MR) is 81.8 cm³/mol. The van der Waals surface area contributed by atoms with Crippen molar-refractivity contribution in [1.82, 2.24) is 34.9 Å². The molecule has 0 saturated carbocycles. The number of aliphatic hydroxyl groups excluding tert-OH is 1. The van der Waals surface area contributed by atoms with Crippen LogP contribution in [0.25, 0.3) is 0 Å². The van der Waals surface area contributed by atoms with Gasteiger partial charge in [-0.05, 0) is 6.42 Å². The van der Waals surface area contributed by atoms with Crippen molar-refractivity contribution in [3.8, 4) is 0 Å². The third-order valence-electron chi connectivity index (χ3n) is 3.89. The molecule has 0 aromatic carbocycles. The number of rotatable bonds is 5. The number of aliphatic hydroxyl groups is 1. The lowest BCUT2D eigenvalue weighted by Gasteiger charge is -2.16. The molecule has 2 aromatic rings. The number of aryl methyl sites for hydroxylation is 2. The summed E-state index contributed by atoms with van der Waals surface area (Å²) in [7, 11) is 1.67. The van der Waals surface area contributed by atoms with Gasteiger partial charge < -0.3 is 20.3 Å². The number of hydrogen-bond donors (Lipinski definition) is 3. The molecular formula is C14H19N7O3. The molecule has 1 fully saturated rings. The molecule has 10 nitrogen and oxygen atoms in total. The number of nitrogens with one attached hydrogen (secondary N) is 2. The van der Waals surface area contributed by atoms with Crippen molar-refractivity contribution in [2.24, 2.45) is 7.05 Å². The molecule has 0 spiro atoms. The molecule has 1 saturated heterocycles. The maximum Gasteiger partial charge on any atom is 0.293 e. The van der Waals surface area contributed by atoms with Crippen molar-refractivity contribution in [2.75, 3.05) is 13.1 Å². The number of aromatic amines is 1. The molecule has 0 unspecified atom stereocenters. The average molecular weight is 333 g/mol. The summed E-state index contributed by atoms with van der Waals surface area (Å²) < 4.78 is 1.44. The molecule has 128 valence electrons. The Morgan fingerprint density at radius 2 is 2.29 bits per heavy atom. The second-order valence-electron chi connectivity index (χ2n) is 5.77. The van der Waals surface area contributed by atoms with Crippen molar-refractivity contribution in [3.63, 3.8) is 0 Å². The molecule has 0 bridgehead atoms. The standard InChI is InChI=1S/C14H19N7O3/c1-20-8-17-13(19-20)14(24)21-5-10(11(22)6-21)18-12(23)3-2-9-4-15-7-16-9/h4,7-8,10-11,22H,2-3,5-6H2,1H3,(H,15,16)(H,18,23)/t10-,11+/m0/s1. The number of amides is 2. The van der Waals surface area contributed by atoms with E-state index >= 15 is 0 Å². The molecule has 2 aromatic heterocycles. The number of hydrogen-bond acceptors (Lipinski definition) is 6. The summed E-state index contributed by atoms with van der Waals surface area (Å²) in [6.45, 7) is 0.372. The third-order valence-corrected chi connectivity index (χ3v) is 3.89. The summed E-state index contributed by atoms with van der Waals surface area (Å²) >= 11 is 0. The lowest BCUT2D eigenvalue weighted by Crippen LogP contribution is -2.43. The summed E-state index contributed by atoms with van der Waals surface area (Å²) in [6.07, 6.45) is 4.67. The lowest BCUT2D eigenvalue weighted by atomic mass is 10.2. The first-order valence-corrected chi connectivity index (χ1v) is 7.62. The summed E-state index contributed by atoms with van der Waals surface area (Å²) in [5.41, 5.74) is 0.871. The highest BCUT2D eigenvalue weighted by Gasteiger charge is 2.36. The van der Waals surface area contributed by atoms with Crippen LogP contribution in [-0.4, -0.2) is 71.8 Å². The van der Waals surface area contributed by atoms with Gasteiger partial charge in [0.15, 0.2) is 0 Å². The van der Waals surface area contributed by atoms with Crippen LogP contribution in [0.1, 0.15) is 22.7 Å². The van der Waals surface area contributed by atoms with Gasteiger partial charge in [0.05, 0.1) is 18.5 Å². The van der Waals surface area contributed by atoms with Crippen LogP contribution in [0, 0.1) is 0 Å². The van der Waals surface area contributed by atoms with E-state index in [0.717, 1.165) is 5.69 Å². The van der Waals surface area contributed by atoms with Crippen molar-refractivity contribution < 1.29 is 14.7 Å². The van der Waals surface area contributed by atoms with Crippen LogP contribution in [0.2, 0.25) is 0 Å². The van der Waals surface area contributed by atoms with Crippen molar-refractivity contribution in [2.45, 2.75) is 25.0 Å². The lowest BCUT2D eigenvalue weighted by molar-refractivity contribution is -0.122. The van der Waals surface area contributed by atoms with Gasteiger partial charge in [0.2, 0.25) is 11.7 Å². The van der Waals surface area contributed by atoms with E-state index in [9.17, 15) is 14.7 Å². The maximum atomic E-state index is 12.3. The maximum absolute atomic E-state index is 12.3. The van der Waals surface area contributed by atoms with Gasteiger partial charge in [-0.1, -0.05) is 0 Å². The molecule has 1 aliphatic rings. The zero-order valence-corrected chi connectivity index (χ0v) is 13.2. The molecule has 3 N–H and O–H groups in total. The zero-order chi connectivity index (χ0) is 17.1. The topological polar surface area (TPSA) is 129 Å². The Kier molecular flexibility index (Phi) is 4.56. The Morgan fingerprint density at radius 1 is 1.46 bits per heavy atom. The Hall–Kier alpha value is -2.75. The number of carbonyl (C=O) groups excluding carboxylic acids is 2. The molecule has 24 heavy (non-hydrogen) atoms. The Labute approximate surface area is 137 Å². The summed E-state index contributed by atoms with van der Waals surface area (Å²) in [6, 6.07) is -0.494. The highest BCUT2D eigenvalue weighted by atomic mass is 16.3. The van der Waals surface area contributed by atoms with Crippen LogP contribution in [0.15, 0.2) is 18.9 Å². The predicted octanol–water partition coefficient (Wildman–Crippen LogP) is -1.53. The largest absolute Gasteiger partial charge is 0.389 e. The third kappa shape index (κ3) is 3.59. The van der Waals surface area contributed by atoms with E-state index in [2.05, 4.69) is 25.4 Å². The van der Waals surface area contributed by atoms with Crippen LogP contribution in [0.4, 0.5) is 0 Å². The van der Waals surface area contributed by atoms with E-state index in [1.807, 2.05) is 0 Å². The van der Waals surface area contributed by atoms with Crippen LogP contribution in [-0.2, 0) is 18.3 Å². The fraction of sp³-hybridized carbons (Fsp3) is 0.500. The first-order valence-electron chi connectivity index (χ1n) is 7.62. The van der Waals surface area contributed by atoms with E-state index in [4.69, 9.17) is 0 Å². The minimum atomic E-state index is -0.811. The fourth-order valence-electron chi connectivity index (χ4n) is 2.62. The van der Waals surface area contributed by atoms with Crippen LogP contribution in [0.5, 0.6) is 0 Å². The van der Waals surface area contributed by atoms with Gasteiger partial charge in [-0.2, -0.15) is 0 Å². The Bertz CT molecular complexity index is 712. The van der Waals surface area contributed by atoms with Gasteiger partial charge in [-0.25, -0.2) is 9.97 Å². The zero-order valence-electron chi connectivity index (χ0n) is 13.2. The van der Waals surface area contributed by atoms with E-state index in [-0.39, 0.29) is 37.1 Å². The Balaban J connectivity index is 1.51. The number of nitrogens with zero attached hydrogens (tertiary/aromatic N) is 5. The van der Waals surface area contributed by atoms with Gasteiger partial charge in [-0.3, -0.25) is 14.3 Å². The smallest absolute Gasteiger partial charge is 0.293 e. The molecule has 0 radical (unpaired) electrons. The van der Waals surface area contributed by atoms with Gasteiger partial charge in [0.1, 0.15) is 6.33 Å². The summed E-state index contributed by atoms with van der Waals surface area (Å²) in [5.74, 6) is -0.460. The summed E-state index contributed by atoms with van der Waals surface area (Å²) in [5, 5.41) is 16.8. The van der Waals surface area contributed by atoms with Crippen molar-refractivity contribution in [1.29, 1.82) is 0 Å². The molecule has 1 aliphatic heterocycles. The fourth-order valence-corrected chi connectivity index (χ4v) is 2.62. The Morgan fingerprint density at radius 3 is 2.96 bits per heavy atom. The van der Waals surface area contributed by atoms with Crippen molar-refractivity contribution in [3.05, 3.63) is 30.4 Å². The minimum Gasteiger partial charge on any atom is -0.389 e. The van der Waals surface area contributed by atoms with Gasteiger partial charge >= 0.3 is 0 Å². The van der Waals surface area contributed by atoms with Gasteiger partial charge in [0.25, 0.3) is 5.91 Å². The molecule has 3 heterocycles. The van der Waals surface area contributed by atoms with E-state index in [1.165, 1.54) is 15.9 Å². The second kappa shape index (κ2) is 6.79. The number of aromatic nitrogens is 5. The second-order valence-corrected chi connectivity index (χ2v) is 5.77. The van der Waals surface area contributed by atoms with E-state index < -0.39 is 12.1 Å². The van der Waals surface area contributed by atoms with Gasteiger partial charge in [0, 0.05) is 38.4 Å². The monoisotopic (exact) mass is 333 g/mol. The highest BCUT2D eigenvalue weighted by Crippen LogP contribution is 2.13. The number of H-pyrrole nitrogens is 1. The molecular weight excluding hydrogens is 314 g/mol. The van der Waals surface area contributed by atoms with E-state index in [1.54, 1.807) is 19.6 Å². The molecule has 10 heteroatoms. The van der Waals surface area contributed by atoms with Crippen LogP contribution < -0.4 is 5.32 Å². The first kappa shape index (κ1) is 16.1. The SMILES string of the molecule is Cn1cnc(C(=O)N2C[C@@H](O)[C@@H](NC(=O)CCc3cnc[nH]3)C2)n1. The number of imidazole rings is 1. The van der Waals surface area contributed by atoms with Crippen molar-refractivity contribution >= 4 is 11.8 Å². The molecule has 2 atom stereocenters. The minimum absolute atomic E-state index is 0.0796. The molecule has 0 aliphatic carbocycles. The molecule has 2 amide bonds. The average Bonchev–Trinajstić information content (AvgIpc) is 3.27.